The molecule has 2 rings (SSSR count). The Hall–Kier alpha value is -1.71. The molecule has 4 nitrogen and oxygen atoms in total. The molecule has 0 spiro atoms. The minimum atomic E-state index is -0.733. The van der Waals surface area contributed by atoms with Crippen molar-refractivity contribution in [3.63, 3.8) is 0 Å². The lowest BCUT2D eigenvalue weighted by atomic mass is 10.1. The van der Waals surface area contributed by atoms with Crippen molar-refractivity contribution in [3.05, 3.63) is 23.3 Å². The van der Waals surface area contributed by atoms with Gasteiger partial charge in [0.25, 0.3) is 0 Å². The van der Waals surface area contributed by atoms with E-state index in [2.05, 4.69) is 42.8 Å². The van der Waals surface area contributed by atoms with Gasteiger partial charge in [0.05, 0.1) is 17.8 Å². The first-order valence-corrected chi connectivity index (χ1v) is 6.78. The number of carbonyl (C=O) groups is 1. The molecule has 1 N–H and O–H groups in total. The zero-order valence-corrected chi connectivity index (χ0v) is 11.9. The highest BCUT2D eigenvalue weighted by atomic mass is 16.4. The average Bonchev–Trinajstić information content (AvgIpc) is 2.46. The molecule has 1 aliphatic rings. The lowest BCUT2D eigenvalue weighted by Crippen LogP contribution is -2.27. The van der Waals surface area contributed by atoms with Crippen LogP contribution < -0.4 is 9.80 Å². The summed E-state index contributed by atoms with van der Waals surface area (Å²) in [6, 6.07) is 4.36. The third kappa shape index (κ3) is 3.00. The van der Waals surface area contributed by atoms with E-state index in [1.807, 2.05) is 0 Å². The third-order valence-electron chi connectivity index (χ3n) is 3.66. The fourth-order valence-corrected chi connectivity index (χ4v) is 2.87. The molecule has 0 aromatic heterocycles. The largest absolute Gasteiger partial charge is 0.481 e. The molecule has 0 unspecified atom stereocenters. The number of hydrogen-bond acceptors (Lipinski definition) is 3. The molecule has 4 heteroatoms. The molecule has 104 valence electrons. The molecular weight excluding hydrogens is 240 g/mol. The molecule has 0 aliphatic carbocycles. The predicted octanol–water partition coefficient (Wildman–Crippen LogP) is 2.42. The fraction of sp³-hybridized carbons (Fsp3) is 0.533. The number of rotatable bonds is 3. The van der Waals surface area contributed by atoms with Gasteiger partial charge in [0.2, 0.25) is 0 Å². The maximum absolute atomic E-state index is 10.8. The van der Waals surface area contributed by atoms with Crippen LogP contribution in [0.1, 0.15) is 24.0 Å². The number of aliphatic carboxylic acids is 1. The van der Waals surface area contributed by atoms with E-state index >= 15 is 0 Å². The summed E-state index contributed by atoms with van der Waals surface area (Å²) in [5.41, 5.74) is 4.92. The van der Waals surface area contributed by atoms with Crippen LogP contribution in [0.4, 0.5) is 11.4 Å². The Morgan fingerprint density at radius 1 is 1.32 bits per heavy atom. The van der Waals surface area contributed by atoms with Gasteiger partial charge >= 0.3 is 5.97 Å². The van der Waals surface area contributed by atoms with E-state index in [0.717, 1.165) is 19.5 Å². The topological polar surface area (TPSA) is 43.8 Å². The van der Waals surface area contributed by atoms with Gasteiger partial charge in [-0.1, -0.05) is 6.07 Å². The summed E-state index contributed by atoms with van der Waals surface area (Å²) in [4.78, 5) is 15.3. The van der Waals surface area contributed by atoms with E-state index < -0.39 is 5.97 Å². The second kappa shape index (κ2) is 5.51. The summed E-state index contributed by atoms with van der Waals surface area (Å²) in [5, 5.41) is 8.89. The van der Waals surface area contributed by atoms with Crippen LogP contribution in [0.25, 0.3) is 0 Å². The molecule has 1 aromatic rings. The maximum atomic E-state index is 10.8. The SMILES string of the molecule is Cc1cc(C)c2c(c1)N(CCC(=O)O)CCCN2C. The predicted molar refractivity (Wildman–Crippen MR) is 78.3 cm³/mol. The molecule has 19 heavy (non-hydrogen) atoms. The molecule has 0 fully saturated rings. The average molecular weight is 262 g/mol. The Morgan fingerprint density at radius 3 is 2.74 bits per heavy atom. The summed E-state index contributed by atoms with van der Waals surface area (Å²) < 4.78 is 0. The van der Waals surface area contributed by atoms with Crippen molar-refractivity contribution >= 4 is 17.3 Å². The smallest absolute Gasteiger partial charge is 0.305 e. The molecule has 0 amide bonds. The minimum absolute atomic E-state index is 0.191. The van der Waals surface area contributed by atoms with Crippen LogP contribution in [-0.4, -0.2) is 37.8 Å². The lowest BCUT2D eigenvalue weighted by Gasteiger charge is -2.27. The maximum Gasteiger partial charge on any atom is 0.305 e. The van der Waals surface area contributed by atoms with Gasteiger partial charge in [0.1, 0.15) is 0 Å². The third-order valence-corrected chi connectivity index (χ3v) is 3.66. The second-order valence-corrected chi connectivity index (χ2v) is 5.36. The van der Waals surface area contributed by atoms with Gasteiger partial charge in [-0.2, -0.15) is 0 Å². The van der Waals surface area contributed by atoms with E-state index in [1.54, 1.807) is 0 Å². The van der Waals surface area contributed by atoms with Gasteiger partial charge in [0, 0.05) is 26.7 Å². The summed E-state index contributed by atoms with van der Waals surface area (Å²) in [6.45, 7) is 6.74. The van der Waals surface area contributed by atoms with Gasteiger partial charge in [-0.05, 0) is 37.5 Å². The molecule has 0 bridgehead atoms. The summed E-state index contributed by atoms with van der Waals surface area (Å²) >= 11 is 0. The quantitative estimate of drug-likeness (QED) is 0.908. The molecular formula is C15H22N2O2. The van der Waals surface area contributed by atoms with Crippen molar-refractivity contribution in [1.29, 1.82) is 0 Å². The van der Waals surface area contributed by atoms with Crippen LogP contribution >= 0.6 is 0 Å². The van der Waals surface area contributed by atoms with Gasteiger partial charge in [-0.25, -0.2) is 0 Å². The Balaban J connectivity index is 2.38. The van der Waals surface area contributed by atoms with E-state index in [-0.39, 0.29) is 6.42 Å². The molecule has 1 aliphatic heterocycles. The normalized spacial score (nSPS) is 15.1. The number of fused-ring (bicyclic) bond motifs is 1. The van der Waals surface area contributed by atoms with Crippen LogP contribution in [0.2, 0.25) is 0 Å². The van der Waals surface area contributed by atoms with Crippen LogP contribution in [0.5, 0.6) is 0 Å². The van der Waals surface area contributed by atoms with E-state index in [1.165, 1.54) is 22.5 Å². The molecule has 0 atom stereocenters. The summed E-state index contributed by atoms with van der Waals surface area (Å²) in [7, 11) is 2.11. The van der Waals surface area contributed by atoms with Gasteiger partial charge < -0.3 is 14.9 Å². The monoisotopic (exact) mass is 262 g/mol. The number of nitrogens with zero attached hydrogens (tertiary/aromatic N) is 2. The summed E-state index contributed by atoms with van der Waals surface area (Å²) in [5.74, 6) is -0.733. The second-order valence-electron chi connectivity index (χ2n) is 5.36. The molecule has 0 radical (unpaired) electrons. The first kappa shape index (κ1) is 13.7. The van der Waals surface area contributed by atoms with Crippen molar-refractivity contribution in [3.8, 4) is 0 Å². The Bertz CT molecular complexity index is 485. The number of anilines is 2. The standard InChI is InChI=1S/C15H22N2O2/c1-11-9-12(2)15-13(10-11)17(8-5-14(18)19)7-4-6-16(15)3/h9-10H,4-8H2,1-3H3,(H,18,19). The number of aryl methyl sites for hydroxylation is 2. The highest BCUT2D eigenvalue weighted by molar-refractivity contribution is 5.77. The highest BCUT2D eigenvalue weighted by Crippen LogP contribution is 2.35. The number of carboxylic acid groups (broad SMARTS) is 1. The van der Waals surface area contributed by atoms with E-state index in [0.29, 0.717) is 6.54 Å². The molecule has 0 saturated heterocycles. The van der Waals surface area contributed by atoms with Crippen LogP contribution in [0, 0.1) is 13.8 Å². The molecule has 1 aromatic carbocycles. The van der Waals surface area contributed by atoms with Crippen molar-refractivity contribution in [2.75, 3.05) is 36.5 Å². The first-order valence-electron chi connectivity index (χ1n) is 6.78. The zero-order chi connectivity index (χ0) is 14.0. The van der Waals surface area contributed by atoms with Gasteiger partial charge in [-0.15, -0.1) is 0 Å². The Kier molecular flexibility index (Phi) is 3.98. The minimum Gasteiger partial charge on any atom is -0.481 e. The zero-order valence-electron chi connectivity index (χ0n) is 11.9. The Morgan fingerprint density at radius 2 is 2.05 bits per heavy atom. The molecule has 0 saturated carbocycles. The highest BCUT2D eigenvalue weighted by Gasteiger charge is 2.20. The number of hydrogen-bond donors (Lipinski definition) is 1. The van der Waals surface area contributed by atoms with Crippen LogP contribution in [0.3, 0.4) is 0 Å². The number of carboxylic acids is 1. The van der Waals surface area contributed by atoms with Crippen molar-refractivity contribution in [1.82, 2.24) is 0 Å². The van der Waals surface area contributed by atoms with E-state index in [4.69, 9.17) is 5.11 Å². The first-order chi connectivity index (χ1) is 8.99. The fourth-order valence-electron chi connectivity index (χ4n) is 2.87. The summed E-state index contributed by atoms with van der Waals surface area (Å²) in [6.07, 6.45) is 1.25. The van der Waals surface area contributed by atoms with Crippen LogP contribution in [0.15, 0.2) is 12.1 Å². The number of benzene rings is 1. The van der Waals surface area contributed by atoms with E-state index in [9.17, 15) is 4.79 Å². The van der Waals surface area contributed by atoms with Crippen LogP contribution in [-0.2, 0) is 4.79 Å². The molecule has 1 heterocycles. The van der Waals surface area contributed by atoms with Crippen molar-refractivity contribution in [2.45, 2.75) is 26.7 Å². The lowest BCUT2D eigenvalue weighted by molar-refractivity contribution is -0.136. The Labute approximate surface area is 114 Å². The van der Waals surface area contributed by atoms with Gasteiger partial charge in [0.15, 0.2) is 0 Å². The van der Waals surface area contributed by atoms with Gasteiger partial charge in [-0.3, -0.25) is 4.79 Å². The van der Waals surface area contributed by atoms with Crippen molar-refractivity contribution in [2.24, 2.45) is 0 Å². The van der Waals surface area contributed by atoms with Crippen molar-refractivity contribution < 1.29 is 9.90 Å².